The SMILES string of the molecule is COc1ccc(CN2CC3CNCC3C2)c(O)c1. The molecule has 2 unspecified atom stereocenters. The van der Waals surface area contributed by atoms with Crippen molar-refractivity contribution < 1.29 is 9.84 Å². The normalized spacial score (nSPS) is 27.4. The van der Waals surface area contributed by atoms with Gasteiger partial charge in [0.25, 0.3) is 0 Å². The smallest absolute Gasteiger partial charge is 0.123 e. The Bertz CT molecular complexity index is 424. The minimum atomic E-state index is 0.338. The molecule has 0 saturated carbocycles. The Kier molecular flexibility index (Phi) is 3.14. The van der Waals surface area contributed by atoms with Crippen molar-refractivity contribution >= 4 is 0 Å². The highest BCUT2D eigenvalue weighted by Gasteiger charge is 2.35. The molecule has 1 aromatic rings. The van der Waals surface area contributed by atoms with Gasteiger partial charge in [0.05, 0.1) is 7.11 Å². The van der Waals surface area contributed by atoms with Crippen molar-refractivity contribution in [1.82, 2.24) is 10.2 Å². The summed E-state index contributed by atoms with van der Waals surface area (Å²) in [6.45, 7) is 5.42. The van der Waals surface area contributed by atoms with E-state index in [-0.39, 0.29) is 0 Å². The van der Waals surface area contributed by atoms with E-state index in [1.807, 2.05) is 12.1 Å². The summed E-state index contributed by atoms with van der Waals surface area (Å²) in [6, 6.07) is 5.56. The number of benzene rings is 1. The maximum absolute atomic E-state index is 9.97. The number of rotatable bonds is 3. The number of hydrogen-bond donors (Lipinski definition) is 2. The number of hydrogen-bond acceptors (Lipinski definition) is 4. The van der Waals surface area contributed by atoms with Crippen molar-refractivity contribution in [2.24, 2.45) is 11.8 Å². The van der Waals surface area contributed by atoms with E-state index in [0.29, 0.717) is 11.5 Å². The summed E-state index contributed by atoms with van der Waals surface area (Å²) < 4.78 is 5.10. The predicted octanol–water partition coefficient (Wildman–Crippen LogP) is 1.05. The second-order valence-electron chi connectivity index (χ2n) is 5.37. The number of aromatic hydroxyl groups is 1. The Balaban J connectivity index is 1.66. The van der Waals surface area contributed by atoms with Crippen molar-refractivity contribution in [3.05, 3.63) is 23.8 Å². The predicted molar refractivity (Wildman–Crippen MR) is 69.8 cm³/mol. The van der Waals surface area contributed by atoms with E-state index in [1.54, 1.807) is 13.2 Å². The lowest BCUT2D eigenvalue weighted by Gasteiger charge is -2.18. The highest BCUT2D eigenvalue weighted by molar-refractivity contribution is 5.39. The fourth-order valence-corrected chi connectivity index (χ4v) is 3.13. The molecule has 2 N–H and O–H groups in total. The van der Waals surface area contributed by atoms with E-state index >= 15 is 0 Å². The molecular formula is C14H20N2O2. The molecule has 0 radical (unpaired) electrons. The highest BCUT2D eigenvalue weighted by atomic mass is 16.5. The summed E-state index contributed by atoms with van der Waals surface area (Å²) in [7, 11) is 1.61. The first-order chi connectivity index (χ1) is 8.76. The summed E-state index contributed by atoms with van der Waals surface area (Å²) in [5, 5.41) is 13.4. The minimum absolute atomic E-state index is 0.338. The fourth-order valence-electron chi connectivity index (χ4n) is 3.13. The molecule has 4 nitrogen and oxygen atoms in total. The van der Waals surface area contributed by atoms with Crippen LogP contribution in [0.25, 0.3) is 0 Å². The first kappa shape index (κ1) is 11.8. The molecule has 0 aromatic heterocycles. The summed E-state index contributed by atoms with van der Waals surface area (Å²) in [4.78, 5) is 2.44. The van der Waals surface area contributed by atoms with Crippen LogP contribution in [0.3, 0.4) is 0 Å². The van der Waals surface area contributed by atoms with Crippen molar-refractivity contribution in [3.8, 4) is 11.5 Å². The number of ether oxygens (including phenoxy) is 1. The van der Waals surface area contributed by atoms with E-state index in [2.05, 4.69) is 10.2 Å². The van der Waals surface area contributed by atoms with Crippen molar-refractivity contribution in [2.45, 2.75) is 6.54 Å². The molecular weight excluding hydrogens is 228 g/mol. The average molecular weight is 248 g/mol. The number of fused-ring (bicyclic) bond motifs is 1. The lowest BCUT2D eigenvalue weighted by molar-refractivity contribution is 0.299. The quantitative estimate of drug-likeness (QED) is 0.839. The summed E-state index contributed by atoms with van der Waals surface area (Å²) in [6.07, 6.45) is 0. The molecule has 3 rings (SSSR count). The molecule has 2 heterocycles. The van der Waals surface area contributed by atoms with Gasteiger partial charge >= 0.3 is 0 Å². The lowest BCUT2D eigenvalue weighted by atomic mass is 10.0. The fraction of sp³-hybridized carbons (Fsp3) is 0.571. The van der Waals surface area contributed by atoms with Crippen molar-refractivity contribution in [2.75, 3.05) is 33.3 Å². The van der Waals surface area contributed by atoms with Gasteiger partial charge in [-0.15, -0.1) is 0 Å². The van der Waals surface area contributed by atoms with Crippen molar-refractivity contribution in [3.63, 3.8) is 0 Å². The van der Waals surface area contributed by atoms with E-state index in [4.69, 9.17) is 4.74 Å². The molecule has 4 heteroatoms. The van der Waals surface area contributed by atoms with Crippen LogP contribution in [0.2, 0.25) is 0 Å². The molecule has 2 aliphatic heterocycles. The van der Waals surface area contributed by atoms with Crippen LogP contribution in [0.4, 0.5) is 0 Å². The van der Waals surface area contributed by atoms with E-state index < -0.39 is 0 Å². The van der Waals surface area contributed by atoms with Crippen molar-refractivity contribution in [1.29, 1.82) is 0 Å². The second kappa shape index (κ2) is 4.78. The van der Waals surface area contributed by atoms with Crippen LogP contribution in [0, 0.1) is 11.8 Å². The van der Waals surface area contributed by atoms with Gasteiger partial charge < -0.3 is 15.2 Å². The van der Waals surface area contributed by atoms with Crippen LogP contribution in [0.1, 0.15) is 5.56 Å². The molecule has 0 amide bonds. The van der Waals surface area contributed by atoms with E-state index in [1.165, 1.54) is 0 Å². The largest absolute Gasteiger partial charge is 0.507 e. The third-order valence-corrected chi connectivity index (χ3v) is 4.15. The molecule has 0 bridgehead atoms. The zero-order valence-corrected chi connectivity index (χ0v) is 10.7. The monoisotopic (exact) mass is 248 g/mol. The van der Waals surface area contributed by atoms with Crippen LogP contribution < -0.4 is 10.1 Å². The third-order valence-electron chi connectivity index (χ3n) is 4.15. The number of phenolic OH excluding ortho intramolecular Hbond substituents is 1. The number of nitrogens with one attached hydrogen (secondary N) is 1. The van der Waals surface area contributed by atoms with Gasteiger partial charge in [-0.3, -0.25) is 4.90 Å². The minimum Gasteiger partial charge on any atom is -0.507 e. The molecule has 0 spiro atoms. The zero-order chi connectivity index (χ0) is 12.5. The summed E-state index contributed by atoms with van der Waals surface area (Å²) >= 11 is 0. The molecule has 2 atom stereocenters. The lowest BCUT2D eigenvalue weighted by Crippen LogP contribution is -2.25. The van der Waals surface area contributed by atoms with Gasteiger partial charge in [0.2, 0.25) is 0 Å². The van der Waals surface area contributed by atoms with Crippen LogP contribution >= 0.6 is 0 Å². The molecule has 2 fully saturated rings. The summed E-state index contributed by atoms with van der Waals surface area (Å²) in [5.74, 6) is 2.64. The second-order valence-corrected chi connectivity index (χ2v) is 5.37. The number of likely N-dealkylation sites (tertiary alicyclic amines) is 1. The molecule has 2 aliphatic rings. The Hall–Kier alpha value is -1.26. The number of nitrogens with zero attached hydrogens (tertiary/aromatic N) is 1. The first-order valence-corrected chi connectivity index (χ1v) is 6.55. The van der Waals surface area contributed by atoms with E-state index in [0.717, 1.165) is 50.1 Å². The van der Waals surface area contributed by atoms with Gasteiger partial charge in [0.15, 0.2) is 0 Å². The maximum atomic E-state index is 9.97. The standard InChI is InChI=1S/C14H20N2O2/c1-18-13-3-2-10(14(17)4-13)7-16-8-11-5-15-6-12(11)9-16/h2-4,11-12,15,17H,5-9H2,1H3. The van der Waals surface area contributed by atoms with Crippen LogP contribution in [-0.2, 0) is 6.54 Å². The maximum Gasteiger partial charge on any atom is 0.123 e. The van der Waals surface area contributed by atoms with Gasteiger partial charge in [-0.1, -0.05) is 6.07 Å². The van der Waals surface area contributed by atoms with Crippen LogP contribution in [-0.4, -0.2) is 43.3 Å². The van der Waals surface area contributed by atoms with E-state index in [9.17, 15) is 5.11 Å². The van der Waals surface area contributed by atoms with Crippen LogP contribution in [0.15, 0.2) is 18.2 Å². The molecule has 2 saturated heterocycles. The number of phenols is 1. The Labute approximate surface area is 108 Å². The first-order valence-electron chi connectivity index (χ1n) is 6.55. The Morgan fingerprint density at radius 2 is 2.06 bits per heavy atom. The average Bonchev–Trinajstić information content (AvgIpc) is 2.92. The Morgan fingerprint density at radius 3 is 2.67 bits per heavy atom. The van der Waals surface area contributed by atoms with Gasteiger partial charge in [0.1, 0.15) is 11.5 Å². The number of methoxy groups -OCH3 is 1. The highest BCUT2D eigenvalue weighted by Crippen LogP contribution is 2.30. The third kappa shape index (κ3) is 2.18. The van der Waals surface area contributed by atoms with Gasteiger partial charge in [-0.05, 0) is 31.0 Å². The topological polar surface area (TPSA) is 44.7 Å². The summed E-state index contributed by atoms with van der Waals surface area (Å²) in [5.41, 5.74) is 0.990. The Morgan fingerprint density at radius 1 is 1.33 bits per heavy atom. The zero-order valence-electron chi connectivity index (χ0n) is 10.7. The van der Waals surface area contributed by atoms with Crippen LogP contribution in [0.5, 0.6) is 11.5 Å². The van der Waals surface area contributed by atoms with Gasteiger partial charge in [0, 0.05) is 31.3 Å². The molecule has 0 aliphatic carbocycles. The van der Waals surface area contributed by atoms with Gasteiger partial charge in [-0.25, -0.2) is 0 Å². The van der Waals surface area contributed by atoms with Gasteiger partial charge in [-0.2, -0.15) is 0 Å². The molecule has 98 valence electrons. The molecule has 18 heavy (non-hydrogen) atoms. The molecule has 1 aromatic carbocycles.